The van der Waals surface area contributed by atoms with E-state index in [1.807, 2.05) is 12.1 Å². The first-order valence-corrected chi connectivity index (χ1v) is 7.38. The number of hydrogen-bond acceptors (Lipinski definition) is 5. The molecule has 0 aromatic heterocycles. The number of carbonyl (C=O) groups excluding carboxylic acids is 2. The summed E-state index contributed by atoms with van der Waals surface area (Å²) >= 11 is 0. The maximum Gasteiger partial charge on any atom is 0.410 e. The van der Waals surface area contributed by atoms with Crippen LogP contribution in [0.15, 0.2) is 24.3 Å². The first-order valence-electron chi connectivity index (χ1n) is 7.38. The molecule has 23 heavy (non-hydrogen) atoms. The molecule has 0 saturated carbocycles. The van der Waals surface area contributed by atoms with Crippen molar-refractivity contribution in [1.82, 2.24) is 4.90 Å². The number of ether oxygens (including phenoxy) is 3. The van der Waals surface area contributed by atoms with Gasteiger partial charge in [0, 0.05) is 14.2 Å². The molecule has 1 amide bonds. The first kappa shape index (κ1) is 19.0. The van der Waals surface area contributed by atoms with Crippen LogP contribution < -0.4 is 4.74 Å². The lowest BCUT2D eigenvalue weighted by Gasteiger charge is -2.28. The highest BCUT2D eigenvalue weighted by Crippen LogP contribution is 2.16. The number of rotatable bonds is 7. The third kappa shape index (κ3) is 6.69. The van der Waals surface area contributed by atoms with E-state index in [1.54, 1.807) is 47.1 Å². The minimum absolute atomic E-state index is 0.178. The minimum Gasteiger partial charge on any atom is -0.468 e. The summed E-state index contributed by atoms with van der Waals surface area (Å²) in [7, 11) is 3.11. The molecule has 0 unspecified atom stereocenters. The van der Waals surface area contributed by atoms with Gasteiger partial charge in [-0.1, -0.05) is 12.1 Å². The topological polar surface area (TPSA) is 65.1 Å². The van der Waals surface area contributed by atoms with Gasteiger partial charge in [-0.15, -0.1) is 0 Å². The van der Waals surface area contributed by atoms with E-state index in [0.29, 0.717) is 12.2 Å². The Kier molecular flexibility index (Phi) is 7.03. The lowest BCUT2D eigenvalue weighted by Crippen LogP contribution is -2.42. The quantitative estimate of drug-likeness (QED) is 0.570. The maximum absolute atomic E-state index is 12.0. The highest BCUT2D eigenvalue weighted by atomic mass is 16.7. The fourth-order valence-corrected chi connectivity index (χ4v) is 1.84. The average molecular weight is 323 g/mol. The van der Waals surface area contributed by atoms with Crippen molar-refractivity contribution in [3.63, 3.8) is 0 Å². The van der Waals surface area contributed by atoms with Crippen molar-refractivity contribution in [3.05, 3.63) is 29.8 Å². The van der Waals surface area contributed by atoms with Crippen LogP contribution in [-0.2, 0) is 20.7 Å². The zero-order chi connectivity index (χ0) is 17.5. The van der Waals surface area contributed by atoms with Crippen LogP contribution in [0.1, 0.15) is 26.3 Å². The van der Waals surface area contributed by atoms with Crippen LogP contribution in [0, 0.1) is 0 Å². The van der Waals surface area contributed by atoms with Crippen molar-refractivity contribution in [1.29, 1.82) is 0 Å². The van der Waals surface area contributed by atoms with E-state index >= 15 is 0 Å². The molecule has 0 bridgehead atoms. The predicted octanol–water partition coefficient (Wildman–Crippen LogP) is 2.65. The predicted molar refractivity (Wildman–Crippen MR) is 86.5 cm³/mol. The lowest BCUT2D eigenvalue weighted by molar-refractivity contribution is -0.112. The van der Waals surface area contributed by atoms with Crippen molar-refractivity contribution in [2.45, 2.75) is 38.8 Å². The van der Waals surface area contributed by atoms with Gasteiger partial charge in [0.25, 0.3) is 0 Å². The molecule has 0 fully saturated rings. The van der Waals surface area contributed by atoms with Gasteiger partial charge in [0.05, 0.1) is 6.04 Å². The summed E-state index contributed by atoms with van der Waals surface area (Å²) in [6.45, 7) is 5.53. The zero-order valence-corrected chi connectivity index (χ0v) is 14.4. The Morgan fingerprint density at radius 1 is 1.26 bits per heavy atom. The zero-order valence-electron chi connectivity index (χ0n) is 14.4. The van der Waals surface area contributed by atoms with E-state index in [9.17, 15) is 9.59 Å². The Bertz CT molecular complexity index is 507. The second kappa shape index (κ2) is 8.53. The van der Waals surface area contributed by atoms with Gasteiger partial charge in [-0.05, 0) is 44.9 Å². The number of hydrogen-bond donors (Lipinski definition) is 0. The van der Waals surface area contributed by atoms with Gasteiger partial charge in [0.15, 0.2) is 6.79 Å². The van der Waals surface area contributed by atoms with E-state index < -0.39 is 17.7 Å². The fraction of sp³-hybridized carbons (Fsp3) is 0.529. The summed E-state index contributed by atoms with van der Waals surface area (Å²) in [5.74, 6) is 0.679. The van der Waals surface area contributed by atoms with Crippen LogP contribution in [0.25, 0.3) is 0 Å². The Morgan fingerprint density at radius 3 is 2.35 bits per heavy atom. The highest BCUT2D eigenvalue weighted by molar-refractivity contribution is 5.73. The molecule has 0 spiro atoms. The van der Waals surface area contributed by atoms with E-state index in [2.05, 4.69) is 0 Å². The van der Waals surface area contributed by atoms with Crippen LogP contribution >= 0.6 is 0 Å². The molecular formula is C17H25NO5. The number of carbonyl (C=O) groups is 2. The maximum atomic E-state index is 12.0. The standard InChI is InChI=1S/C17H25NO5/c1-17(2,3)23-16(20)18(4)14(11-19)10-13-6-8-15(9-7-13)22-12-21-5/h6-9,11,14H,10,12H2,1-5H3/t14-/m0/s1. The molecule has 1 aromatic carbocycles. The van der Waals surface area contributed by atoms with Crippen LogP contribution in [0.4, 0.5) is 4.79 Å². The van der Waals surface area contributed by atoms with E-state index in [-0.39, 0.29) is 6.79 Å². The Hall–Kier alpha value is -2.08. The Morgan fingerprint density at radius 2 is 1.87 bits per heavy atom. The van der Waals surface area contributed by atoms with Crippen molar-refractivity contribution in [2.24, 2.45) is 0 Å². The van der Waals surface area contributed by atoms with Crippen molar-refractivity contribution >= 4 is 12.4 Å². The summed E-state index contributed by atoms with van der Waals surface area (Å²) in [5.41, 5.74) is 0.321. The molecule has 1 rings (SSSR count). The third-order valence-corrected chi connectivity index (χ3v) is 3.05. The van der Waals surface area contributed by atoms with E-state index in [0.717, 1.165) is 11.8 Å². The van der Waals surface area contributed by atoms with Gasteiger partial charge in [-0.3, -0.25) is 0 Å². The molecule has 0 saturated heterocycles. The molecule has 6 nitrogen and oxygen atoms in total. The molecule has 1 atom stereocenters. The van der Waals surface area contributed by atoms with E-state index in [1.165, 1.54) is 4.90 Å². The van der Waals surface area contributed by atoms with Crippen molar-refractivity contribution in [2.75, 3.05) is 21.0 Å². The third-order valence-electron chi connectivity index (χ3n) is 3.05. The number of aldehydes is 1. The number of methoxy groups -OCH3 is 1. The number of nitrogens with zero attached hydrogens (tertiary/aromatic N) is 1. The lowest BCUT2D eigenvalue weighted by atomic mass is 10.1. The second-order valence-electron chi connectivity index (χ2n) is 6.19. The largest absolute Gasteiger partial charge is 0.468 e. The molecule has 1 aromatic rings. The van der Waals surface area contributed by atoms with Gasteiger partial charge >= 0.3 is 6.09 Å². The number of likely N-dealkylation sites (N-methyl/N-ethyl adjacent to an activating group) is 1. The molecular weight excluding hydrogens is 298 g/mol. The summed E-state index contributed by atoms with van der Waals surface area (Å²) in [6, 6.07) is 6.71. The summed E-state index contributed by atoms with van der Waals surface area (Å²) < 4.78 is 15.4. The summed E-state index contributed by atoms with van der Waals surface area (Å²) in [4.78, 5) is 24.7. The van der Waals surface area contributed by atoms with Gasteiger partial charge in [-0.2, -0.15) is 0 Å². The monoisotopic (exact) mass is 323 g/mol. The normalized spacial score (nSPS) is 12.4. The minimum atomic E-state index is -0.598. The van der Waals surface area contributed by atoms with Gasteiger partial charge in [-0.25, -0.2) is 4.79 Å². The van der Waals surface area contributed by atoms with E-state index in [4.69, 9.17) is 14.2 Å². The summed E-state index contributed by atoms with van der Waals surface area (Å²) in [6.07, 6.45) is 0.637. The van der Waals surface area contributed by atoms with Gasteiger partial charge < -0.3 is 23.9 Å². The molecule has 0 radical (unpaired) electrons. The Balaban J connectivity index is 2.68. The van der Waals surface area contributed by atoms with Gasteiger partial charge in [0.1, 0.15) is 17.6 Å². The Labute approximate surface area is 137 Å². The molecule has 128 valence electrons. The average Bonchev–Trinajstić information content (AvgIpc) is 2.49. The molecule has 0 aliphatic rings. The molecule has 6 heteroatoms. The molecule has 0 aliphatic heterocycles. The fourth-order valence-electron chi connectivity index (χ4n) is 1.84. The smallest absolute Gasteiger partial charge is 0.410 e. The highest BCUT2D eigenvalue weighted by Gasteiger charge is 2.25. The van der Waals surface area contributed by atoms with Gasteiger partial charge in [0.2, 0.25) is 0 Å². The van der Waals surface area contributed by atoms with Crippen LogP contribution in [0.3, 0.4) is 0 Å². The molecule has 0 aliphatic carbocycles. The van der Waals surface area contributed by atoms with Crippen LogP contribution in [-0.4, -0.2) is 49.9 Å². The molecule has 0 heterocycles. The van der Waals surface area contributed by atoms with Crippen LogP contribution in [0.2, 0.25) is 0 Å². The summed E-state index contributed by atoms with van der Waals surface area (Å²) in [5, 5.41) is 0. The SMILES string of the molecule is COCOc1ccc(C[C@@H](C=O)N(C)C(=O)OC(C)(C)C)cc1. The number of amides is 1. The second-order valence-corrected chi connectivity index (χ2v) is 6.19. The number of benzene rings is 1. The van der Waals surface area contributed by atoms with Crippen molar-refractivity contribution in [3.8, 4) is 5.75 Å². The molecule has 0 N–H and O–H groups in total. The van der Waals surface area contributed by atoms with Crippen LogP contribution in [0.5, 0.6) is 5.75 Å². The van der Waals surface area contributed by atoms with Crippen molar-refractivity contribution < 1.29 is 23.8 Å². The first-order chi connectivity index (χ1) is 10.8.